The van der Waals surface area contributed by atoms with Gasteiger partial charge in [-0.15, -0.1) is 0 Å². The van der Waals surface area contributed by atoms with Crippen molar-refractivity contribution in [2.24, 2.45) is 35.0 Å². The van der Waals surface area contributed by atoms with Crippen LogP contribution in [0.3, 0.4) is 0 Å². The van der Waals surface area contributed by atoms with Crippen LogP contribution in [0.5, 0.6) is 0 Å². The van der Waals surface area contributed by atoms with E-state index in [0.29, 0.717) is 11.3 Å². The van der Waals surface area contributed by atoms with Crippen LogP contribution in [0.25, 0.3) is 0 Å². The predicted molar refractivity (Wildman–Crippen MR) is 185 cm³/mol. The summed E-state index contributed by atoms with van der Waals surface area (Å²) in [5.74, 6) is 3.59. The van der Waals surface area contributed by atoms with Crippen molar-refractivity contribution >= 4 is 16.6 Å². The summed E-state index contributed by atoms with van der Waals surface area (Å²) in [6, 6.07) is 0. The largest absolute Gasteiger partial charge is 0.432 e. The van der Waals surface area contributed by atoms with Crippen molar-refractivity contribution in [3.05, 3.63) is 35.5 Å². The molecule has 2 nitrogen and oxygen atoms in total. The van der Waals surface area contributed by atoms with E-state index in [-0.39, 0.29) is 16.2 Å². The normalized spacial score (nSPS) is 33.1. The Morgan fingerprint density at radius 2 is 1.66 bits per heavy atom. The Kier molecular flexibility index (Phi) is 10.7. The molecule has 0 heterocycles. The summed E-state index contributed by atoms with van der Waals surface area (Å²) in [5, 5.41) is 0.101. The highest BCUT2D eigenvalue weighted by atomic mass is 28.4. The molecule has 3 aliphatic carbocycles. The number of rotatable bonds is 9. The van der Waals surface area contributed by atoms with E-state index < -0.39 is 16.6 Å². The lowest BCUT2D eigenvalue weighted by Gasteiger charge is -2.45. The minimum Gasteiger partial charge on any atom is -0.432 e. The molecule has 3 fully saturated rings. The lowest BCUT2D eigenvalue weighted by molar-refractivity contribution is 0.0893. The van der Waals surface area contributed by atoms with Crippen molar-refractivity contribution in [1.29, 1.82) is 0 Å². The third-order valence-electron chi connectivity index (χ3n) is 12.7. The van der Waals surface area contributed by atoms with Crippen LogP contribution in [-0.2, 0) is 4.43 Å². The second kappa shape index (κ2) is 12.5. The lowest BCUT2D eigenvalue weighted by Crippen LogP contribution is -2.46. The van der Waals surface area contributed by atoms with Gasteiger partial charge in [-0.3, -0.25) is 0 Å². The summed E-state index contributed by atoms with van der Waals surface area (Å²) in [5.41, 5.74) is 4.99. The molecule has 0 radical (unpaired) electrons. The predicted octanol–water partition coefficient (Wildman–Crippen LogP) is 11.5. The average Bonchev–Trinajstić information content (AvgIpc) is 3.15. The molecule has 3 saturated carbocycles. The Morgan fingerprint density at radius 3 is 2.22 bits per heavy atom. The van der Waals surface area contributed by atoms with Crippen molar-refractivity contribution in [1.82, 2.24) is 0 Å². The zero-order valence-electron chi connectivity index (χ0n) is 29.5. The fourth-order valence-electron chi connectivity index (χ4n) is 8.36. The van der Waals surface area contributed by atoms with Crippen LogP contribution in [0.15, 0.2) is 35.5 Å². The second-order valence-corrected chi connectivity index (χ2v) is 27.2. The standard InChI is InChI=1S/C37H68O2Si2/c1-26(2)22-27(3)32-19-20-33-30(16-15-21-37(32,33)10)18-17-29-23-31(25-36(8,9)40(11,12)38)28(4)34(24-29)39-41(13,14)35(5,6)7/h17-18,26-27,31-34,38H,4,15-16,19-25H2,1-3,5-14H3/b29-17+,30-18+/t27-,31+,32?,33?,34-,37-/m1/s1. The molecule has 41 heavy (non-hydrogen) atoms. The van der Waals surface area contributed by atoms with Crippen molar-refractivity contribution in [2.45, 2.75) is 162 Å². The Balaban J connectivity index is 1.90. The van der Waals surface area contributed by atoms with Gasteiger partial charge in [-0.2, -0.15) is 0 Å². The highest BCUT2D eigenvalue weighted by Gasteiger charge is 2.51. The Labute approximate surface area is 258 Å². The quantitative estimate of drug-likeness (QED) is 0.211. The van der Waals surface area contributed by atoms with Gasteiger partial charge in [-0.1, -0.05) is 92.2 Å². The van der Waals surface area contributed by atoms with E-state index in [2.05, 4.69) is 107 Å². The molecule has 3 aliphatic rings. The lowest BCUT2D eigenvalue weighted by atomic mass is 9.60. The van der Waals surface area contributed by atoms with Gasteiger partial charge in [0.15, 0.2) is 16.6 Å². The highest BCUT2D eigenvalue weighted by Crippen LogP contribution is 2.60. The Morgan fingerprint density at radius 1 is 1.02 bits per heavy atom. The third-order valence-corrected chi connectivity index (χ3v) is 20.7. The van der Waals surface area contributed by atoms with Crippen LogP contribution >= 0.6 is 0 Å². The van der Waals surface area contributed by atoms with Crippen molar-refractivity contribution in [3.63, 3.8) is 0 Å². The monoisotopic (exact) mass is 600 g/mol. The molecule has 2 unspecified atom stereocenters. The topological polar surface area (TPSA) is 29.5 Å². The number of hydrogen-bond acceptors (Lipinski definition) is 2. The van der Waals surface area contributed by atoms with E-state index in [1.54, 1.807) is 5.57 Å². The summed E-state index contributed by atoms with van der Waals surface area (Å²) in [4.78, 5) is 11.1. The molecule has 0 amide bonds. The van der Waals surface area contributed by atoms with E-state index in [4.69, 9.17) is 4.43 Å². The molecular weight excluding hydrogens is 533 g/mol. The van der Waals surface area contributed by atoms with Crippen LogP contribution in [0.2, 0.25) is 36.3 Å². The first kappa shape index (κ1) is 35.1. The Bertz CT molecular complexity index is 947. The molecule has 0 aromatic rings. The first-order chi connectivity index (χ1) is 18.6. The van der Waals surface area contributed by atoms with Gasteiger partial charge in [0, 0.05) is 0 Å². The SMILES string of the molecule is C=C1[C@H](CC(C)(C)[Si](C)(C)O)C/C(=C\C=C2/CCC[C@@]3(C)C2CCC3[C@H](C)CC(C)C)C[C@H]1O[Si](C)(C)C(C)(C)C. The molecular formula is C37H68O2Si2. The summed E-state index contributed by atoms with van der Waals surface area (Å²) < 4.78 is 7.09. The van der Waals surface area contributed by atoms with Crippen molar-refractivity contribution < 1.29 is 9.22 Å². The van der Waals surface area contributed by atoms with Gasteiger partial charge in [-0.25, -0.2) is 0 Å². The van der Waals surface area contributed by atoms with Crippen LogP contribution in [-0.4, -0.2) is 27.5 Å². The van der Waals surface area contributed by atoms with Crippen LogP contribution < -0.4 is 0 Å². The minimum absolute atomic E-state index is 0.0697. The van der Waals surface area contributed by atoms with Gasteiger partial charge < -0.3 is 9.22 Å². The molecule has 0 bridgehead atoms. The minimum atomic E-state index is -2.32. The van der Waals surface area contributed by atoms with Gasteiger partial charge in [0.05, 0.1) is 6.10 Å². The summed E-state index contributed by atoms with van der Waals surface area (Å²) in [6.45, 7) is 35.1. The van der Waals surface area contributed by atoms with E-state index >= 15 is 0 Å². The van der Waals surface area contributed by atoms with Crippen LogP contribution in [0.4, 0.5) is 0 Å². The van der Waals surface area contributed by atoms with Gasteiger partial charge in [0.25, 0.3) is 0 Å². The molecule has 0 aliphatic heterocycles. The fourth-order valence-corrected chi connectivity index (χ4v) is 10.4. The fraction of sp³-hybridized carbons (Fsp3) is 0.838. The molecule has 4 heteroatoms. The van der Waals surface area contributed by atoms with Gasteiger partial charge in [0.1, 0.15) is 0 Å². The Hall–Kier alpha value is -0.426. The molecule has 0 aromatic heterocycles. The second-order valence-electron chi connectivity index (χ2n) is 18.0. The average molecular weight is 601 g/mol. The molecule has 236 valence electrons. The van der Waals surface area contributed by atoms with Crippen molar-refractivity contribution in [3.8, 4) is 0 Å². The van der Waals surface area contributed by atoms with E-state index in [0.717, 1.165) is 42.9 Å². The van der Waals surface area contributed by atoms with Crippen LogP contribution in [0.1, 0.15) is 120 Å². The summed E-state index contributed by atoms with van der Waals surface area (Å²) in [7, 11) is -4.26. The zero-order valence-corrected chi connectivity index (χ0v) is 31.5. The maximum Gasteiger partial charge on any atom is 0.192 e. The molecule has 6 atom stereocenters. The van der Waals surface area contributed by atoms with Gasteiger partial charge >= 0.3 is 0 Å². The number of hydrogen-bond donors (Lipinski definition) is 1. The van der Waals surface area contributed by atoms with E-state index in [1.807, 2.05) is 0 Å². The highest BCUT2D eigenvalue weighted by molar-refractivity contribution is 6.74. The number of allylic oxidation sites excluding steroid dienone is 3. The molecule has 3 rings (SSSR count). The van der Waals surface area contributed by atoms with Gasteiger partial charge in [-0.05, 0) is 135 Å². The first-order valence-corrected chi connectivity index (χ1v) is 22.9. The summed E-state index contributed by atoms with van der Waals surface area (Å²) >= 11 is 0. The molecule has 1 N–H and O–H groups in total. The third kappa shape index (κ3) is 7.81. The van der Waals surface area contributed by atoms with Gasteiger partial charge in [0.2, 0.25) is 0 Å². The van der Waals surface area contributed by atoms with E-state index in [9.17, 15) is 4.80 Å². The first-order valence-electron chi connectivity index (χ1n) is 17.1. The number of fused-ring (bicyclic) bond motifs is 1. The zero-order chi connectivity index (χ0) is 31.2. The maximum absolute atomic E-state index is 11.1. The van der Waals surface area contributed by atoms with E-state index in [1.165, 1.54) is 49.7 Å². The molecule has 0 spiro atoms. The molecule has 0 saturated heterocycles. The summed E-state index contributed by atoms with van der Waals surface area (Å²) in [6.07, 6.45) is 16.3. The molecule has 0 aromatic carbocycles. The van der Waals surface area contributed by atoms with Crippen LogP contribution in [0, 0.1) is 35.0 Å². The smallest absolute Gasteiger partial charge is 0.192 e. The van der Waals surface area contributed by atoms with Crippen molar-refractivity contribution in [2.75, 3.05) is 0 Å². The maximum atomic E-state index is 11.1.